The summed E-state index contributed by atoms with van der Waals surface area (Å²) in [5.41, 5.74) is 4.38. The zero-order chi connectivity index (χ0) is 21.6. The third-order valence-electron chi connectivity index (χ3n) is 6.16. The summed E-state index contributed by atoms with van der Waals surface area (Å²) in [5, 5.41) is 10.0. The van der Waals surface area contributed by atoms with Gasteiger partial charge in [0, 0.05) is 48.8 Å². The van der Waals surface area contributed by atoms with Gasteiger partial charge in [-0.15, -0.1) is 0 Å². The van der Waals surface area contributed by atoms with Crippen molar-refractivity contribution in [2.24, 2.45) is 0 Å². The fourth-order valence-corrected chi connectivity index (χ4v) is 4.72. The summed E-state index contributed by atoms with van der Waals surface area (Å²) in [7, 11) is 0. The highest BCUT2D eigenvalue weighted by Crippen LogP contribution is 2.42. The molecule has 2 aliphatic heterocycles. The number of benzene rings is 1. The number of pyridine rings is 1. The van der Waals surface area contributed by atoms with Gasteiger partial charge in [-0.2, -0.15) is 13.2 Å². The number of aliphatic hydroxyl groups is 1. The fourth-order valence-electron chi connectivity index (χ4n) is 4.72. The number of aromatic nitrogens is 2. The van der Waals surface area contributed by atoms with Gasteiger partial charge in [0.05, 0.1) is 17.4 Å². The summed E-state index contributed by atoms with van der Waals surface area (Å²) in [6, 6.07) is 9.34. The van der Waals surface area contributed by atoms with Crippen molar-refractivity contribution in [3.63, 3.8) is 0 Å². The fraction of sp³-hybridized carbons (Fsp3) is 0.292. The third-order valence-corrected chi connectivity index (χ3v) is 6.16. The van der Waals surface area contributed by atoms with Crippen molar-refractivity contribution in [3.05, 3.63) is 72.2 Å². The Morgan fingerprint density at radius 1 is 1.10 bits per heavy atom. The average molecular weight is 425 g/mol. The molecule has 2 aliphatic rings. The van der Waals surface area contributed by atoms with Crippen LogP contribution in [0.25, 0.3) is 28.0 Å². The standard InChI is InChI=1S/C24H22F3N3O/c25-24(26,27)18-3-1-2-17(10-18)23-22(15-4-7-28-8-5-15)21(13-29-23)16-6-9-30-14-20(31)12-19(30)11-16/h1-5,7-8,10-11,13,19-20,29,31H,6,9,12,14H2. The normalized spacial score (nSPS) is 21.7. The number of halogens is 3. The predicted molar refractivity (Wildman–Crippen MR) is 113 cm³/mol. The molecular formula is C24H22F3N3O. The molecular weight excluding hydrogens is 403 g/mol. The van der Waals surface area contributed by atoms with Gasteiger partial charge in [-0.3, -0.25) is 9.88 Å². The molecule has 2 N–H and O–H groups in total. The molecule has 7 heteroatoms. The zero-order valence-electron chi connectivity index (χ0n) is 16.7. The molecule has 2 unspecified atom stereocenters. The maximum absolute atomic E-state index is 13.3. The molecule has 5 rings (SSSR count). The van der Waals surface area contributed by atoms with Crippen molar-refractivity contribution < 1.29 is 18.3 Å². The molecule has 0 radical (unpaired) electrons. The van der Waals surface area contributed by atoms with E-state index in [0.717, 1.165) is 41.3 Å². The van der Waals surface area contributed by atoms with E-state index < -0.39 is 11.7 Å². The molecule has 0 aliphatic carbocycles. The van der Waals surface area contributed by atoms with E-state index in [1.165, 1.54) is 12.1 Å². The molecule has 2 atom stereocenters. The van der Waals surface area contributed by atoms with Gasteiger partial charge in [-0.25, -0.2) is 0 Å². The highest BCUT2D eigenvalue weighted by molar-refractivity contribution is 5.91. The number of H-pyrrole nitrogens is 1. The summed E-state index contributed by atoms with van der Waals surface area (Å²) < 4.78 is 39.9. The minimum absolute atomic E-state index is 0.191. The second kappa shape index (κ2) is 7.66. The van der Waals surface area contributed by atoms with Gasteiger partial charge < -0.3 is 10.1 Å². The molecule has 0 spiro atoms. The quantitative estimate of drug-likeness (QED) is 0.622. The van der Waals surface area contributed by atoms with Gasteiger partial charge in [0.15, 0.2) is 0 Å². The molecule has 3 aromatic rings. The minimum Gasteiger partial charge on any atom is -0.392 e. The highest BCUT2D eigenvalue weighted by atomic mass is 19.4. The Hall–Kier alpha value is -2.90. The third kappa shape index (κ3) is 3.79. The Morgan fingerprint density at radius 2 is 1.90 bits per heavy atom. The number of nitrogens with one attached hydrogen (secondary N) is 1. The molecule has 0 saturated carbocycles. The molecule has 0 amide bonds. The summed E-state index contributed by atoms with van der Waals surface area (Å²) in [6.07, 6.45) is 4.27. The van der Waals surface area contributed by atoms with Gasteiger partial charge >= 0.3 is 6.18 Å². The maximum Gasteiger partial charge on any atom is 0.416 e. The van der Waals surface area contributed by atoms with E-state index in [4.69, 9.17) is 0 Å². The van der Waals surface area contributed by atoms with Crippen LogP contribution >= 0.6 is 0 Å². The number of rotatable bonds is 3. The molecule has 2 aromatic heterocycles. The van der Waals surface area contributed by atoms with Crippen LogP contribution in [0.2, 0.25) is 0 Å². The largest absolute Gasteiger partial charge is 0.416 e. The Bertz CT molecular complexity index is 1120. The highest BCUT2D eigenvalue weighted by Gasteiger charge is 2.34. The van der Waals surface area contributed by atoms with Gasteiger partial charge in [-0.1, -0.05) is 18.2 Å². The lowest BCUT2D eigenvalue weighted by Gasteiger charge is -2.28. The Kier molecular flexibility index (Phi) is 4.95. The van der Waals surface area contributed by atoms with E-state index in [-0.39, 0.29) is 12.1 Å². The number of nitrogens with zero attached hydrogens (tertiary/aromatic N) is 2. The molecule has 4 heterocycles. The predicted octanol–water partition coefficient (Wildman–Crippen LogP) is 4.98. The molecule has 1 saturated heterocycles. The first-order valence-corrected chi connectivity index (χ1v) is 10.3. The molecule has 31 heavy (non-hydrogen) atoms. The van der Waals surface area contributed by atoms with E-state index in [2.05, 4.69) is 20.9 Å². The van der Waals surface area contributed by atoms with Crippen LogP contribution in [0.4, 0.5) is 13.2 Å². The molecule has 160 valence electrons. The Labute approximate surface area is 178 Å². The SMILES string of the molecule is OC1CC2C=C(c3c[nH]c(-c4cccc(C(F)(F)F)c4)c3-c3ccncc3)CCN2C1. The lowest BCUT2D eigenvalue weighted by Crippen LogP contribution is -2.32. The van der Waals surface area contributed by atoms with E-state index in [0.29, 0.717) is 24.2 Å². The lowest BCUT2D eigenvalue weighted by molar-refractivity contribution is -0.137. The van der Waals surface area contributed by atoms with Crippen molar-refractivity contribution >= 4 is 5.57 Å². The van der Waals surface area contributed by atoms with Crippen LogP contribution in [0, 0.1) is 0 Å². The summed E-state index contributed by atoms with van der Waals surface area (Å²) in [4.78, 5) is 9.61. The lowest BCUT2D eigenvalue weighted by atomic mass is 9.90. The van der Waals surface area contributed by atoms with Crippen molar-refractivity contribution in [2.75, 3.05) is 13.1 Å². The summed E-state index contributed by atoms with van der Waals surface area (Å²) in [5.74, 6) is 0. The molecule has 1 aromatic carbocycles. The van der Waals surface area contributed by atoms with Crippen molar-refractivity contribution in [2.45, 2.75) is 31.2 Å². The Morgan fingerprint density at radius 3 is 2.68 bits per heavy atom. The van der Waals surface area contributed by atoms with Gasteiger partial charge in [0.25, 0.3) is 0 Å². The van der Waals surface area contributed by atoms with Gasteiger partial charge in [-0.05, 0) is 53.8 Å². The minimum atomic E-state index is -4.40. The smallest absolute Gasteiger partial charge is 0.392 e. The first-order chi connectivity index (χ1) is 14.9. The zero-order valence-corrected chi connectivity index (χ0v) is 16.7. The van der Waals surface area contributed by atoms with Gasteiger partial charge in [0.2, 0.25) is 0 Å². The number of alkyl halides is 3. The van der Waals surface area contributed by atoms with E-state index in [1.807, 2.05) is 18.3 Å². The van der Waals surface area contributed by atoms with Crippen LogP contribution in [-0.4, -0.2) is 45.2 Å². The summed E-state index contributed by atoms with van der Waals surface area (Å²) in [6.45, 7) is 1.54. The second-order valence-corrected chi connectivity index (χ2v) is 8.16. The van der Waals surface area contributed by atoms with Gasteiger partial charge in [0.1, 0.15) is 0 Å². The van der Waals surface area contributed by atoms with Crippen LogP contribution < -0.4 is 0 Å². The van der Waals surface area contributed by atoms with Crippen LogP contribution in [0.15, 0.2) is 61.1 Å². The van der Waals surface area contributed by atoms with Crippen molar-refractivity contribution in [3.8, 4) is 22.4 Å². The first kappa shape index (κ1) is 20.0. The van der Waals surface area contributed by atoms with Crippen LogP contribution in [0.1, 0.15) is 24.0 Å². The van der Waals surface area contributed by atoms with E-state index >= 15 is 0 Å². The van der Waals surface area contributed by atoms with E-state index in [1.54, 1.807) is 18.5 Å². The number of fused-ring (bicyclic) bond motifs is 1. The number of aliphatic hydroxyl groups excluding tert-OH is 1. The first-order valence-electron chi connectivity index (χ1n) is 10.3. The molecule has 4 nitrogen and oxygen atoms in total. The molecule has 0 bridgehead atoms. The number of hydrogen-bond acceptors (Lipinski definition) is 3. The summed E-state index contributed by atoms with van der Waals surface area (Å²) >= 11 is 0. The van der Waals surface area contributed by atoms with Crippen molar-refractivity contribution in [1.82, 2.24) is 14.9 Å². The monoisotopic (exact) mass is 425 g/mol. The average Bonchev–Trinajstić information content (AvgIpc) is 3.36. The topological polar surface area (TPSA) is 52.1 Å². The van der Waals surface area contributed by atoms with Crippen LogP contribution in [0.5, 0.6) is 0 Å². The molecule has 1 fully saturated rings. The number of aromatic amines is 1. The number of hydrogen-bond donors (Lipinski definition) is 2. The maximum atomic E-state index is 13.3. The van der Waals surface area contributed by atoms with Crippen LogP contribution in [0.3, 0.4) is 0 Å². The second-order valence-electron chi connectivity index (χ2n) is 8.16. The van der Waals surface area contributed by atoms with Crippen molar-refractivity contribution in [1.29, 1.82) is 0 Å². The van der Waals surface area contributed by atoms with E-state index in [9.17, 15) is 18.3 Å². The Balaban J connectivity index is 1.63. The van der Waals surface area contributed by atoms with Crippen LogP contribution in [-0.2, 0) is 6.18 Å².